The minimum atomic E-state index is -0.371. The summed E-state index contributed by atoms with van der Waals surface area (Å²) in [5.41, 5.74) is 7.90. The molecule has 6 heteroatoms. The van der Waals surface area contributed by atoms with Crippen molar-refractivity contribution in [3.8, 4) is 5.69 Å². The molecule has 0 aliphatic carbocycles. The van der Waals surface area contributed by atoms with Crippen LogP contribution in [0.1, 0.15) is 30.9 Å². The lowest BCUT2D eigenvalue weighted by molar-refractivity contribution is 0.603. The van der Waals surface area contributed by atoms with Crippen LogP contribution in [0.25, 0.3) is 5.69 Å². The van der Waals surface area contributed by atoms with Gasteiger partial charge < -0.3 is 10.3 Å². The number of rotatable bonds is 5. The van der Waals surface area contributed by atoms with Crippen LogP contribution in [-0.4, -0.2) is 24.5 Å². The average Bonchev–Trinajstić information content (AvgIpc) is 3.17. The lowest BCUT2D eigenvalue weighted by Gasteiger charge is -2.11. The molecular formula is C15H18N6. The zero-order valence-electron chi connectivity index (χ0n) is 11.9. The summed E-state index contributed by atoms with van der Waals surface area (Å²) in [4.78, 5) is 5.94. The van der Waals surface area contributed by atoms with E-state index in [0.29, 0.717) is 5.69 Å². The second kappa shape index (κ2) is 5.88. The van der Waals surface area contributed by atoms with E-state index < -0.39 is 0 Å². The topological polar surface area (TPSA) is 74.6 Å². The molecule has 0 aliphatic rings. The number of nitrogens with zero attached hydrogens (tertiary/aromatic N) is 5. The fourth-order valence-corrected chi connectivity index (χ4v) is 2.26. The zero-order valence-corrected chi connectivity index (χ0v) is 11.9. The van der Waals surface area contributed by atoms with Crippen molar-refractivity contribution in [3.63, 3.8) is 0 Å². The molecule has 2 aromatic heterocycles. The van der Waals surface area contributed by atoms with Crippen LogP contribution in [0.5, 0.6) is 0 Å². The molecule has 0 saturated carbocycles. The lowest BCUT2D eigenvalue weighted by atomic mass is 10.2. The van der Waals surface area contributed by atoms with E-state index in [4.69, 9.17) is 5.73 Å². The second-order valence-corrected chi connectivity index (χ2v) is 4.85. The Morgan fingerprint density at radius 1 is 1.24 bits per heavy atom. The van der Waals surface area contributed by atoms with Gasteiger partial charge in [0.1, 0.15) is 17.6 Å². The molecule has 0 amide bonds. The molecule has 108 valence electrons. The summed E-state index contributed by atoms with van der Waals surface area (Å²) < 4.78 is 2.06. The van der Waals surface area contributed by atoms with Crippen LogP contribution >= 0.6 is 0 Å². The van der Waals surface area contributed by atoms with Gasteiger partial charge in [0.25, 0.3) is 0 Å². The molecule has 21 heavy (non-hydrogen) atoms. The third-order valence-corrected chi connectivity index (χ3v) is 3.31. The van der Waals surface area contributed by atoms with E-state index in [0.717, 1.165) is 24.5 Å². The van der Waals surface area contributed by atoms with Crippen LogP contribution < -0.4 is 5.73 Å². The third-order valence-electron chi connectivity index (χ3n) is 3.31. The van der Waals surface area contributed by atoms with Gasteiger partial charge >= 0.3 is 0 Å². The van der Waals surface area contributed by atoms with Crippen molar-refractivity contribution in [1.82, 2.24) is 24.5 Å². The van der Waals surface area contributed by atoms with E-state index in [2.05, 4.69) is 26.7 Å². The van der Waals surface area contributed by atoms with Crippen molar-refractivity contribution in [3.05, 3.63) is 60.4 Å². The first-order valence-electron chi connectivity index (χ1n) is 7.04. The molecule has 3 aromatic rings. The van der Waals surface area contributed by atoms with Gasteiger partial charge in [0.15, 0.2) is 0 Å². The van der Waals surface area contributed by atoms with E-state index in [1.165, 1.54) is 0 Å². The smallest absolute Gasteiger partial charge is 0.131 e. The van der Waals surface area contributed by atoms with Crippen LogP contribution in [0.2, 0.25) is 0 Å². The van der Waals surface area contributed by atoms with Gasteiger partial charge in [-0.3, -0.25) is 0 Å². The number of nitrogens with two attached hydrogens (primary N) is 1. The fourth-order valence-electron chi connectivity index (χ4n) is 2.26. The summed E-state index contributed by atoms with van der Waals surface area (Å²) in [6, 6.07) is 9.39. The summed E-state index contributed by atoms with van der Waals surface area (Å²) in [5.74, 6) is 0.817. The Morgan fingerprint density at radius 2 is 2.05 bits per heavy atom. The van der Waals surface area contributed by atoms with Crippen molar-refractivity contribution in [1.29, 1.82) is 0 Å². The highest BCUT2D eigenvalue weighted by Gasteiger charge is 2.18. The Balaban J connectivity index is 1.87. The van der Waals surface area contributed by atoms with Crippen molar-refractivity contribution >= 4 is 0 Å². The summed E-state index contributed by atoms with van der Waals surface area (Å²) >= 11 is 0. The van der Waals surface area contributed by atoms with E-state index in [1.54, 1.807) is 17.2 Å². The monoisotopic (exact) mass is 282 g/mol. The average molecular weight is 282 g/mol. The highest BCUT2D eigenvalue weighted by molar-refractivity contribution is 5.29. The predicted octanol–water partition coefficient (Wildman–Crippen LogP) is 1.92. The van der Waals surface area contributed by atoms with Crippen molar-refractivity contribution < 1.29 is 0 Å². The molecule has 0 aliphatic heterocycles. The van der Waals surface area contributed by atoms with Crippen LogP contribution in [0.15, 0.2) is 48.9 Å². The van der Waals surface area contributed by atoms with E-state index in [9.17, 15) is 0 Å². The maximum atomic E-state index is 6.28. The first-order chi connectivity index (χ1) is 10.3. The van der Waals surface area contributed by atoms with Gasteiger partial charge in [0.05, 0.1) is 11.9 Å². The zero-order chi connectivity index (χ0) is 14.7. The number of benzene rings is 1. The van der Waals surface area contributed by atoms with Crippen LogP contribution in [-0.2, 0) is 6.54 Å². The molecule has 0 saturated heterocycles. The first-order valence-corrected chi connectivity index (χ1v) is 7.04. The Bertz CT molecular complexity index is 700. The maximum Gasteiger partial charge on any atom is 0.131 e. The van der Waals surface area contributed by atoms with Gasteiger partial charge in [-0.2, -0.15) is 15.0 Å². The molecule has 0 radical (unpaired) electrons. The SMILES string of the molecule is CCCn1ccnc1C(N)c1cnn(-c2ccccc2)n1. The number of hydrogen-bond donors (Lipinski definition) is 1. The maximum absolute atomic E-state index is 6.28. The fraction of sp³-hybridized carbons (Fsp3) is 0.267. The van der Waals surface area contributed by atoms with E-state index >= 15 is 0 Å². The van der Waals surface area contributed by atoms with Gasteiger partial charge in [0, 0.05) is 18.9 Å². The highest BCUT2D eigenvalue weighted by atomic mass is 15.5. The van der Waals surface area contributed by atoms with Gasteiger partial charge in [-0.1, -0.05) is 25.1 Å². The highest BCUT2D eigenvalue weighted by Crippen LogP contribution is 2.16. The Labute approximate surface area is 123 Å². The first kappa shape index (κ1) is 13.5. The van der Waals surface area contributed by atoms with Crippen molar-refractivity contribution in [2.45, 2.75) is 25.9 Å². The number of imidazole rings is 1. The molecule has 1 unspecified atom stereocenters. The molecule has 1 atom stereocenters. The van der Waals surface area contributed by atoms with Crippen molar-refractivity contribution in [2.75, 3.05) is 0 Å². The molecule has 2 N–H and O–H groups in total. The normalized spacial score (nSPS) is 12.5. The molecule has 6 nitrogen and oxygen atoms in total. The Hall–Kier alpha value is -2.47. The summed E-state index contributed by atoms with van der Waals surface area (Å²) in [6.45, 7) is 3.02. The minimum Gasteiger partial charge on any atom is -0.333 e. The van der Waals surface area contributed by atoms with Crippen LogP contribution in [0.3, 0.4) is 0 Å². The molecule has 2 heterocycles. The van der Waals surface area contributed by atoms with Crippen LogP contribution in [0, 0.1) is 0 Å². The molecule has 0 fully saturated rings. The summed E-state index contributed by atoms with van der Waals surface area (Å²) in [5, 5.41) is 8.75. The second-order valence-electron chi connectivity index (χ2n) is 4.85. The summed E-state index contributed by atoms with van der Waals surface area (Å²) in [7, 11) is 0. The van der Waals surface area contributed by atoms with Crippen molar-refractivity contribution in [2.24, 2.45) is 5.73 Å². The van der Waals surface area contributed by atoms with E-state index in [-0.39, 0.29) is 6.04 Å². The molecule has 3 rings (SSSR count). The Morgan fingerprint density at radius 3 is 2.81 bits per heavy atom. The third kappa shape index (κ3) is 2.71. The van der Waals surface area contributed by atoms with Gasteiger partial charge in [0.2, 0.25) is 0 Å². The standard InChI is InChI=1S/C15H18N6/c1-2-9-20-10-8-17-15(20)14(16)13-11-18-21(19-13)12-6-4-3-5-7-12/h3-8,10-11,14H,2,9,16H2,1H3. The number of aryl methyl sites for hydroxylation is 1. The molecule has 0 bridgehead atoms. The van der Waals surface area contributed by atoms with Gasteiger partial charge in [-0.05, 0) is 18.6 Å². The minimum absolute atomic E-state index is 0.371. The number of hydrogen-bond acceptors (Lipinski definition) is 4. The van der Waals surface area contributed by atoms with Gasteiger partial charge in [-0.15, -0.1) is 0 Å². The largest absolute Gasteiger partial charge is 0.333 e. The Kier molecular flexibility index (Phi) is 3.79. The predicted molar refractivity (Wildman–Crippen MR) is 79.9 cm³/mol. The lowest BCUT2D eigenvalue weighted by Crippen LogP contribution is -2.18. The van der Waals surface area contributed by atoms with E-state index in [1.807, 2.05) is 36.5 Å². The number of para-hydroxylation sites is 1. The molecule has 0 spiro atoms. The molecule has 1 aromatic carbocycles. The summed E-state index contributed by atoms with van der Waals surface area (Å²) in [6.07, 6.45) is 6.45. The van der Waals surface area contributed by atoms with Crippen LogP contribution in [0.4, 0.5) is 0 Å². The van der Waals surface area contributed by atoms with Gasteiger partial charge in [-0.25, -0.2) is 4.98 Å². The number of aromatic nitrogens is 5. The molecular weight excluding hydrogens is 264 g/mol. The quantitative estimate of drug-likeness (QED) is 0.776.